The molecule has 12 heteroatoms. The third-order valence-electron chi connectivity index (χ3n) is 8.55. The minimum atomic E-state index is -0.956. The van der Waals surface area contributed by atoms with Crippen molar-refractivity contribution in [2.24, 2.45) is 0 Å². The number of aromatic hydroxyl groups is 4. The number of carbonyl (C=O) groups excluding carboxylic acids is 4. The zero-order valence-corrected chi connectivity index (χ0v) is 24.9. The summed E-state index contributed by atoms with van der Waals surface area (Å²) in [5.74, 6) is -6.57. The molecule has 46 heavy (non-hydrogen) atoms. The second-order valence-electron chi connectivity index (χ2n) is 11.0. The summed E-state index contributed by atoms with van der Waals surface area (Å²) in [6, 6.07) is 4.64. The largest absolute Gasteiger partial charge is 0.507 e. The highest BCUT2D eigenvalue weighted by Crippen LogP contribution is 2.55. The number of carbonyl (C=O) groups is 4. The van der Waals surface area contributed by atoms with Gasteiger partial charge in [-0.05, 0) is 49.2 Å². The third kappa shape index (κ3) is 3.80. The number of methoxy groups -OCH3 is 2. The van der Waals surface area contributed by atoms with Crippen molar-refractivity contribution in [2.75, 3.05) is 14.2 Å². The quantitative estimate of drug-likeness (QED) is 0.163. The lowest BCUT2D eigenvalue weighted by molar-refractivity contribution is 0.0972. The van der Waals surface area contributed by atoms with Crippen LogP contribution in [0.25, 0.3) is 11.1 Å². The Balaban J connectivity index is 1.82. The lowest BCUT2D eigenvalue weighted by Crippen LogP contribution is -2.26. The van der Waals surface area contributed by atoms with Crippen molar-refractivity contribution < 1.29 is 59.3 Å². The highest BCUT2D eigenvalue weighted by molar-refractivity contribution is 6.36. The standard InChI is InChI=1S/C34H26O12/c1-11-27(39)25-21(31(43)19-15(29(25)41)5-13(9-35)7-17(19)37)23(33(11)45-3)24-22-26(28(40)12(2)34(24)46-4)30(42)16-6-14(10-36)8-18(38)20(16)32(22)44/h5-8,35-40H,9-10H2,1-4H3. The molecule has 0 amide bonds. The van der Waals surface area contributed by atoms with Gasteiger partial charge in [0.1, 0.15) is 34.5 Å². The molecule has 0 saturated heterocycles. The number of phenols is 4. The number of ketones is 4. The number of aliphatic hydroxyl groups excluding tert-OH is 2. The molecule has 234 valence electrons. The Kier molecular flexibility index (Phi) is 6.87. The first kappa shape index (κ1) is 30.3. The normalized spacial score (nSPS) is 13.3. The van der Waals surface area contributed by atoms with E-state index in [0.29, 0.717) is 0 Å². The van der Waals surface area contributed by atoms with Crippen molar-refractivity contribution in [2.45, 2.75) is 27.1 Å². The molecule has 0 spiro atoms. The van der Waals surface area contributed by atoms with Gasteiger partial charge in [0.2, 0.25) is 0 Å². The Labute approximate surface area is 260 Å². The van der Waals surface area contributed by atoms with Gasteiger partial charge in [-0.1, -0.05) is 0 Å². The summed E-state index contributed by atoms with van der Waals surface area (Å²) in [5, 5.41) is 63.6. The van der Waals surface area contributed by atoms with Gasteiger partial charge in [0, 0.05) is 44.5 Å². The zero-order valence-electron chi connectivity index (χ0n) is 24.9. The van der Waals surface area contributed by atoms with E-state index in [1.54, 1.807) is 0 Å². The number of ether oxygens (including phenoxy) is 2. The number of phenolic OH excluding ortho intramolecular Hbond substituents is 4. The average molecular weight is 627 g/mol. The maximum Gasteiger partial charge on any atom is 0.199 e. The van der Waals surface area contributed by atoms with Gasteiger partial charge in [-0.15, -0.1) is 0 Å². The summed E-state index contributed by atoms with van der Waals surface area (Å²) in [4.78, 5) is 56.7. The fourth-order valence-electron chi connectivity index (χ4n) is 6.47. The molecule has 0 aliphatic heterocycles. The number of hydrogen-bond donors (Lipinski definition) is 6. The van der Waals surface area contributed by atoms with Crippen LogP contribution in [-0.2, 0) is 13.2 Å². The van der Waals surface area contributed by atoms with Gasteiger partial charge in [0.15, 0.2) is 23.1 Å². The molecule has 0 saturated carbocycles. The highest BCUT2D eigenvalue weighted by atomic mass is 16.5. The van der Waals surface area contributed by atoms with Gasteiger partial charge in [-0.2, -0.15) is 0 Å². The summed E-state index contributed by atoms with van der Waals surface area (Å²) < 4.78 is 11.3. The molecule has 0 fully saturated rings. The van der Waals surface area contributed by atoms with Crippen molar-refractivity contribution in [1.29, 1.82) is 0 Å². The molecule has 6 N–H and O–H groups in total. The van der Waals surface area contributed by atoms with Crippen molar-refractivity contribution in [3.63, 3.8) is 0 Å². The SMILES string of the molecule is COc1c(C)c(O)c2c(c1-c1c(OC)c(C)c(O)c3c1C(=O)c1c(O)cc(CO)cc1C3=O)C(=O)c1c(O)cc(CO)cc1C2=O. The molecule has 0 bridgehead atoms. The molecule has 0 atom stereocenters. The van der Waals surface area contributed by atoms with E-state index in [-0.39, 0.29) is 56.0 Å². The van der Waals surface area contributed by atoms with Gasteiger partial charge in [0.05, 0.1) is 49.7 Å². The minimum Gasteiger partial charge on any atom is -0.507 e. The maximum absolute atomic E-state index is 14.3. The van der Waals surface area contributed by atoms with Crippen LogP contribution in [0.3, 0.4) is 0 Å². The fraction of sp³-hybridized carbons (Fsp3) is 0.176. The maximum atomic E-state index is 14.3. The lowest BCUT2D eigenvalue weighted by Gasteiger charge is -2.30. The highest BCUT2D eigenvalue weighted by Gasteiger charge is 2.45. The smallest absolute Gasteiger partial charge is 0.199 e. The minimum absolute atomic E-state index is 0.0321. The Morgan fingerprint density at radius 1 is 0.500 bits per heavy atom. The summed E-state index contributed by atoms with van der Waals surface area (Å²) in [5.41, 5.74) is -3.72. The van der Waals surface area contributed by atoms with E-state index in [1.807, 2.05) is 0 Å². The van der Waals surface area contributed by atoms with Crippen molar-refractivity contribution in [1.82, 2.24) is 0 Å². The first-order valence-electron chi connectivity index (χ1n) is 13.8. The number of rotatable bonds is 5. The predicted molar refractivity (Wildman–Crippen MR) is 160 cm³/mol. The van der Waals surface area contributed by atoms with Crippen LogP contribution in [-0.4, -0.2) is 68.0 Å². The van der Waals surface area contributed by atoms with Crippen LogP contribution in [0.5, 0.6) is 34.5 Å². The van der Waals surface area contributed by atoms with Gasteiger partial charge >= 0.3 is 0 Å². The Morgan fingerprint density at radius 2 is 0.848 bits per heavy atom. The Hall–Kier alpha value is -5.72. The van der Waals surface area contributed by atoms with E-state index >= 15 is 0 Å². The number of hydrogen-bond acceptors (Lipinski definition) is 12. The van der Waals surface area contributed by atoms with Gasteiger partial charge in [-0.3, -0.25) is 19.2 Å². The molecule has 6 rings (SSSR count). The van der Waals surface area contributed by atoms with E-state index in [9.17, 15) is 49.8 Å². The van der Waals surface area contributed by atoms with Crippen molar-refractivity contribution in [3.8, 4) is 45.6 Å². The summed E-state index contributed by atoms with van der Waals surface area (Å²) in [6.45, 7) is 1.66. The van der Waals surface area contributed by atoms with E-state index in [0.717, 1.165) is 12.1 Å². The van der Waals surface area contributed by atoms with Crippen molar-refractivity contribution >= 4 is 23.1 Å². The van der Waals surface area contributed by atoms with E-state index in [2.05, 4.69) is 0 Å². The number of fused-ring (bicyclic) bond motifs is 4. The number of benzene rings is 4. The molecule has 0 radical (unpaired) electrons. The summed E-state index contributed by atoms with van der Waals surface area (Å²) in [7, 11) is 2.42. The van der Waals surface area contributed by atoms with Crippen LogP contribution in [0.1, 0.15) is 85.9 Å². The lowest BCUT2D eigenvalue weighted by atomic mass is 9.73. The topological polar surface area (TPSA) is 208 Å². The van der Waals surface area contributed by atoms with E-state index in [4.69, 9.17) is 9.47 Å². The molecular weight excluding hydrogens is 600 g/mol. The summed E-state index contributed by atoms with van der Waals surface area (Å²) in [6.07, 6.45) is 0. The van der Waals surface area contributed by atoms with Gasteiger partial charge in [-0.25, -0.2) is 0 Å². The van der Waals surface area contributed by atoms with Crippen LogP contribution < -0.4 is 9.47 Å². The molecule has 4 aromatic carbocycles. The van der Waals surface area contributed by atoms with Crippen LogP contribution >= 0.6 is 0 Å². The Bertz CT molecular complexity index is 1970. The monoisotopic (exact) mass is 626 g/mol. The molecule has 12 nitrogen and oxygen atoms in total. The van der Waals surface area contributed by atoms with Crippen LogP contribution in [0.4, 0.5) is 0 Å². The van der Waals surface area contributed by atoms with Crippen molar-refractivity contribution in [3.05, 3.63) is 91.0 Å². The molecule has 2 aliphatic rings. The van der Waals surface area contributed by atoms with E-state index in [1.165, 1.54) is 40.2 Å². The molecule has 0 aromatic heterocycles. The van der Waals surface area contributed by atoms with Crippen LogP contribution in [0.2, 0.25) is 0 Å². The molecule has 4 aromatic rings. The fourth-order valence-corrected chi connectivity index (χ4v) is 6.47. The first-order valence-corrected chi connectivity index (χ1v) is 13.8. The number of aliphatic hydroxyl groups is 2. The molecule has 2 aliphatic carbocycles. The molecular formula is C34H26O12. The zero-order chi connectivity index (χ0) is 33.5. The third-order valence-corrected chi connectivity index (χ3v) is 8.55. The average Bonchev–Trinajstić information content (AvgIpc) is 3.03. The predicted octanol–water partition coefficient (Wildman–Crippen LogP) is 3.35. The van der Waals surface area contributed by atoms with Crippen LogP contribution in [0.15, 0.2) is 24.3 Å². The van der Waals surface area contributed by atoms with Crippen LogP contribution in [0, 0.1) is 13.8 Å². The Morgan fingerprint density at radius 3 is 1.15 bits per heavy atom. The second kappa shape index (κ2) is 10.4. The summed E-state index contributed by atoms with van der Waals surface area (Å²) >= 11 is 0. The van der Waals surface area contributed by atoms with Gasteiger partial charge in [0.25, 0.3) is 0 Å². The molecule has 0 unspecified atom stereocenters. The van der Waals surface area contributed by atoms with E-state index < -0.39 is 92.7 Å². The molecule has 0 heterocycles. The van der Waals surface area contributed by atoms with Gasteiger partial charge < -0.3 is 40.1 Å². The first-order chi connectivity index (χ1) is 21.8. The second-order valence-corrected chi connectivity index (χ2v) is 11.0.